The van der Waals surface area contributed by atoms with Gasteiger partial charge in [-0.3, -0.25) is 0 Å². The van der Waals surface area contributed by atoms with E-state index in [1.807, 2.05) is 6.92 Å². The standard InChI is InChI=1S/C18H25NO2S/c1-3-16(17-7-5-4-6-8-17)13-14-19-22(20,21)18-11-9-15(2)10-12-18/h1,9-12,16-17,19H,4-8,13-14H2,2H3. The highest BCUT2D eigenvalue weighted by molar-refractivity contribution is 7.89. The minimum absolute atomic E-state index is 0.181. The maximum absolute atomic E-state index is 12.2. The highest BCUT2D eigenvalue weighted by atomic mass is 32.2. The second-order valence-electron chi connectivity index (χ2n) is 6.17. The predicted molar refractivity (Wildman–Crippen MR) is 89.9 cm³/mol. The molecule has 3 nitrogen and oxygen atoms in total. The molecule has 1 aliphatic carbocycles. The number of rotatable bonds is 6. The average molecular weight is 319 g/mol. The highest BCUT2D eigenvalue weighted by Crippen LogP contribution is 2.31. The van der Waals surface area contributed by atoms with Gasteiger partial charge in [-0.05, 0) is 44.2 Å². The molecule has 1 fully saturated rings. The quantitative estimate of drug-likeness (QED) is 0.816. The number of hydrogen-bond donors (Lipinski definition) is 1. The largest absolute Gasteiger partial charge is 0.240 e. The number of terminal acetylenes is 1. The van der Waals surface area contributed by atoms with Gasteiger partial charge in [0, 0.05) is 12.5 Å². The topological polar surface area (TPSA) is 46.2 Å². The fourth-order valence-electron chi connectivity index (χ4n) is 3.14. The Bertz CT molecular complexity index is 607. The van der Waals surface area contributed by atoms with Gasteiger partial charge >= 0.3 is 0 Å². The lowest BCUT2D eigenvalue weighted by Crippen LogP contribution is -2.28. The van der Waals surface area contributed by atoms with Crippen molar-refractivity contribution in [1.82, 2.24) is 4.72 Å². The van der Waals surface area contributed by atoms with Crippen LogP contribution in [0.2, 0.25) is 0 Å². The first kappa shape index (κ1) is 17.1. The van der Waals surface area contributed by atoms with Crippen LogP contribution < -0.4 is 4.72 Å². The Labute approximate surface area is 134 Å². The predicted octanol–water partition coefficient (Wildman–Crippen LogP) is 3.49. The summed E-state index contributed by atoms with van der Waals surface area (Å²) >= 11 is 0. The molecule has 1 saturated carbocycles. The first-order chi connectivity index (χ1) is 10.5. The number of nitrogens with one attached hydrogen (secondary N) is 1. The molecule has 0 amide bonds. The molecule has 0 heterocycles. The highest BCUT2D eigenvalue weighted by Gasteiger charge is 2.22. The molecule has 0 aliphatic heterocycles. The number of aryl methyl sites for hydroxylation is 1. The van der Waals surface area contributed by atoms with Gasteiger partial charge in [0.15, 0.2) is 0 Å². The number of hydrogen-bond acceptors (Lipinski definition) is 2. The molecule has 1 aromatic rings. The zero-order chi connectivity index (χ0) is 16.0. The molecular weight excluding hydrogens is 294 g/mol. The van der Waals surface area contributed by atoms with Gasteiger partial charge in [-0.1, -0.05) is 37.0 Å². The summed E-state index contributed by atoms with van der Waals surface area (Å²) in [4.78, 5) is 0.313. The van der Waals surface area contributed by atoms with Crippen molar-refractivity contribution in [3.8, 4) is 12.3 Å². The van der Waals surface area contributed by atoms with E-state index in [0.717, 1.165) is 5.56 Å². The van der Waals surface area contributed by atoms with Crippen molar-refractivity contribution < 1.29 is 8.42 Å². The molecule has 22 heavy (non-hydrogen) atoms. The van der Waals surface area contributed by atoms with Crippen LogP contribution in [0.15, 0.2) is 29.2 Å². The smallest absolute Gasteiger partial charge is 0.211 e. The Morgan fingerprint density at radius 2 is 1.86 bits per heavy atom. The maximum atomic E-state index is 12.2. The van der Waals surface area contributed by atoms with Crippen molar-refractivity contribution in [3.05, 3.63) is 29.8 Å². The first-order valence-corrected chi connectivity index (χ1v) is 9.54. The molecule has 0 radical (unpaired) electrons. The van der Waals surface area contributed by atoms with Crippen LogP contribution in [0, 0.1) is 31.1 Å². The second-order valence-corrected chi connectivity index (χ2v) is 7.94. The second kappa shape index (κ2) is 7.80. The molecule has 0 bridgehead atoms. The van der Waals surface area contributed by atoms with Crippen molar-refractivity contribution in [2.75, 3.05) is 6.54 Å². The molecule has 1 aromatic carbocycles. The Morgan fingerprint density at radius 1 is 1.23 bits per heavy atom. The van der Waals surface area contributed by atoms with Gasteiger partial charge in [0.25, 0.3) is 0 Å². The summed E-state index contributed by atoms with van der Waals surface area (Å²) in [6.07, 6.45) is 12.5. The van der Waals surface area contributed by atoms with E-state index in [-0.39, 0.29) is 5.92 Å². The van der Waals surface area contributed by atoms with Gasteiger partial charge in [-0.25, -0.2) is 13.1 Å². The maximum Gasteiger partial charge on any atom is 0.240 e. The number of sulfonamides is 1. The van der Waals surface area contributed by atoms with Gasteiger partial charge < -0.3 is 0 Å². The summed E-state index contributed by atoms with van der Waals surface area (Å²) < 4.78 is 27.1. The van der Waals surface area contributed by atoms with Crippen molar-refractivity contribution in [2.45, 2.75) is 50.3 Å². The van der Waals surface area contributed by atoms with Crippen molar-refractivity contribution in [2.24, 2.45) is 11.8 Å². The van der Waals surface area contributed by atoms with E-state index in [9.17, 15) is 8.42 Å². The van der Waals surface area contributed by atoms with Crippen LogP contribution >= 0.6 is 0 Å². The number of benzene rings is 1. The van der Waals surface area contributed by atoms with Crippen LogP contribution in [0.4, 0.5) is 0 Å². The fourth-order valence-corrected chi connectivity index (χ4v) is 4.19. The van der Waals surface area contributed by atoms with E-state index < -0.39 is 10.0 Å². The summed E-state index contributed by atoms with van der Waals surface area (Å²) in [5, 5.41) is 0. The van der Waals surface area contributed by atoms with Gasteiger partial charge in [-0.15, -0.1) is 12.3 Å². The van der Waals surface area contributed by atoms with E-state index >= 15 is 0 Å². The normalized spacial score (nSPS) is 17.8. The third-order valence-corrected chi connectivity index (χ3v) is 5.99. The van der Waals surface area contributed by atoms with Gasteiger partial charge in [-0.2, -0.15) is 0 Å². The van der Waals surface area contributed by atoms with Crippen LogP contribution in [-0.4, -0.2) is 15.0 Å². The van der Waals surface area contributed by atoms with Gasteiger partial charge in [0.2, 0.25) is 10.0 Å². The lowest BCUT2D eigenvalue weighted by molar-refractivity contribution is 0.283. The van der Waals surface area contributed by atoms with E-state index in [1.54, 1.807) is 24.3 Å². The SMILES string of the molecule is C#CC(CCNS(=O)(=O)c1ccc(C)cc1)C1CCCCC1. The van der Waals surface area contributed by atoms with Crippen LogP contribution in [0.1, 0.15) is 44.1 Å². The average Bonchev–Trinajstić information content (AvgIpc) is 2.53. The molecular formula is C18H25NO2S. The van der Waals surface area contributed by atoms with Crippen LogP contribution in [-0.2, 0) is 10.0 Å². The fraction of sp³-hybridized carbons (Fsp3) is 0.556. The molecule has 4 heteroatoms. The minimum Gasteiger partial charge on any atom is -0.211 e. The Balaban J connectivity index is 1.88. The van der Waals surface area contributed by atoms with Gasteiger partial charge in [0.05, 0.1) is 4.90 Å². The van der Waals surface area contributed by atoms with E-state index in [2.05, 4.69) is 10.6 Å². The first-order valence-electron chi connectivity index (χ1n) is 8.05. The van der Waals surface area contributed by atoms with Crippen molar-refractivity contribution in [3.63, 3.8) is 0 Å². The Kier molecular flexibility index (Phi) is 6.05. The zero-order valence-electron chi connectivity index (χ0n) is 13.2. The third kappa shape index (κ3) is 4.59. The van der Waals surface area contributed by atoms with Crippen LogP contribution in [0.3, 0.4) is 0 Å². The lowest BCUT2D eigenvalue weighted by atomic mass is 9.79. The molecule has 0 aromatic heterocycles. The van der Waals surface area contributed by atoms with Gasteiger partial charge in [0.1, 0.15) is 0 Å². The lowest BCUT2D eigenvalue weighted by Gasteiger charge is -2.26. The molecule has 1 aliphatic rings. The molecule has 1 unspecified atom stereocenters. The molecule has 120 valence electrons. The van der Waals surface area contributed by atoms with Crippen molar-refractivity contribution in [1.29, 1.82) is 0 Å². The Hall–Kier alpha value is -1.31. The molecule has 1 atom stereocenters. The summed E-state index contributed by atoms with van der Waals surface area (Å²) in [6.45, 7) is 2.34. The summed E-state index contributed by atoms with van der Waals surface area (Å²) in [5.41, 5.74) is 1.05. The molecule has 0 saturated heterocycles. The van der Waals surface area contributed by atoms with E-state index in [4.69, 9.17) is 6.42 Å². The summed E-state index contributed by atoms with van der Waals surface area (Å²) in [6, 6.07) is 6.89. The van der Waals surface area contributed by atoms with Crippen LogP contribution in [0.5, 0.6) is 0 Å². The molecule has 0 spiro atoms. The zero-order valence-corrected chi connectivity index (χ0v) is 14.0. The minimum atomic E-state index is -3.43. The summed E-state index contributed by atoms with van der Waals surface area (Å²) in [7, 11) is -3.43. The molecule has 1 N–H and O–H groups in total. The third-order valence-electron chi connectivity index (χ3n) is 4.51. The van der Waals surface area contributed by atoms with Crippen LogP contribution in [0.25, 0.3) is 0 Å². The molecule has 2 rings (SSSR count). The Morgan fingerprint density at radius 3 is 2.45 bits per heavy atom. The van der Waals surface area contributed by atoms with E-state index in [1.165, 1.54) is 32.1 Å². The van der Waals surface area contributed by atoms with E-state index in [0.29, 0.717) is 23.8 Å². The summed E-state index contributed by atoms with van der Waals surface area (Å²) in [5.74, 6) is 3.61. The monoisotopic (exact) mass is 319 g/mol. The van der Waals surface area contributed by atoms with Crippen molar-refractivity contribution >= 4 is 10.0 Å².